The second kappa shape index (κ2) is 7.53. The van der Waals surface area contributed by atoms with E-state index in [1.165, 1.54) is 0 Å². The highest BCUT2D eigenvalue weighted by molar-refractivity contribution is 5.20. The van der Waals surface area contributed by atoms with Crippen LogP contribution in [0.25, 0.3) is 0 Å². The largest absolute Gasteiger partial charge is 0.494 e. The fourth-order valence-corrected chi connectivity index (χ4v) is 1.49. The van der Waals surface area contributed by atoms with Crippen molar-refractivity contribution in [2.45, 2.75) is 31.3 Å². The molecule has 0 aromatic heterocycles. The zero-order chi connectivity index (χ0) is 15.9. The third-order valence-electron chi connectivity index (χ3n) is 2.43. The molecule has 0 aliphatic rings. The van der Waals surface area contributed by atoms with E-state index >= 15 is 0 Å². The summed E-state index contributed by atoms with van der Waals surface area (Å²) in [6.45, 7) is -0.447. The first-order chi connectivity index (χ1) is 9.71. The van der Waals surface area contributed by atoms with E-state index in [1.807, 2.05) is 0 Å². The van der Waals surface area contributed by atoms with Crippen LogP contribution in [0.15, 0.2) is 30.3 Å². The molecule has 0 heterocycles. The topological polar surface area (TPSA) is 18.5 Å². The van der Waals surface area contributed by atoms with Crippen molar-refractivity contribution in [3.63, 3.8) is 0 Å². The van der Waals surface area contributed by atoms with Crippen molar-refractivity contribution in [2.24, 2.45) is 0 Å². The lowest BCUT2D eigenvalue weighted by molar-refractivity contribution is -0.321. The Balaban J connectivity index is 2.23. The monoisotopic (exact) mass is 316 g/mol. The van der Waals surface area contributed by atoms with Crippen LogP contribution >= 0.6 is 0 Å². The lowest BCUT2D eigenvalue weighted by Crippen LogP contribution is -2.44. The first-order valence-electron chi connectivity index (χ1n) is 6.14. The summed E-state index contributed by atoms with van der Waals surface area (Å²) >= 11 is 0. The maximum absolute atomic E-state index is 12.1. The number of para-hydroxylation sites is 1. The summed E-state index contributed by atoms with van der Waals surface area (Å²) in [6, 6.07) is 8.67. The summed E-state index contributed by atoms with van der Waals surface area (Å²) in [5.41, 5.74) is 0. The number of hydrogen-bond acceptors (Lipinski definition) is 2. The summed E-state index contributed by atoms with van der Waals surface area (Å²) in [5.74, 6) is 0.585. The number of hydrogen-bond donors (Lipinski definition) is 0. The van der Waals surface area contributed by atoms with Gasteiger partial charge in [0.05, 0.1) is 6.61 Å². The van der Waals surface area contributed by atoms with Gasteiger partial charge in [0.2, 0.25) is 6.10 Å². The van der Waals surface area contributed by atoms with Crippen LogP contribution in [-0.4, -0.2) is 31.7 Å². The van der Waals surface area contributed by atoms with Crippen molar-refractivity contribution in [1.82, 2.24) is 0 Å². The Kier molecular flexibility index (Phi) is 6.32. The van der Waals surface area contributed by atoms with Crippen LogP contribution in [0.1, 0.15) is 12.8 Å². The molecule has 0 amide bonds. The van der Waals surface area contributed by atoms with E-state index in [0.29, 0.717) is 5.75 Å². The molecule has 0 radical (unpaired) electrons. The molecular weight excluding hydrogens is 302 g/mol. The minimum absolute atomic E-state index is 0.0372. The van der Waals surface area contributed by atoms with Crippen LogP contribution in [0.5, 0.6) is 5.75 Å². The SMILES string of the molecule is FC(F)(F)C(OCCCCOc1ccccc1)C(F)(F)F. The Morgan fingerprint density at radius 2 is 1.33 bits per heavy atom. The molecule has 0 N–H and O–H groups in total. The van der Waals surface area contributed by atoms with Crippen molar-refractivity contribution >= 4 is 0 Å². The molecule has 1 rings (SSSR count). The fourth-order valence-electron chi connectivity index (χ4n) is 1.49. The summed E-state index contributed by atoms with van der Waals surface area (Å²) in [7, 11) is 0. The van der Waals surface area contributed by atoms with E-state index < -0.39 is 25.1 Å². The number of rotatable bonds is 7. The Labute approximate surface area is 117 Å². The molecule has 0 spiro atoms. The molecule has 0 atom stereocenters. The van der Waals surface area contributed by atoms with Gasteiger partial charge >= 0.3 is 12.4 Å². The number of unbranched alkanes of at least 4 members (excludes halogenated alkanes) is 1. The molecule has 0 unspecified atom stereocenters. The lowest BCUT2D eigenvalue weighted by Gasteiger charge is -2.23. The molecule has 0 saturated carbocycles. The number of ether oxygens (including phenoxy) is 2. The van der Waals surface area contributed by atoms with Gasteiger partial charge in [-0.05, 0) is 25.0 Å². The first-order valence-corrected chi connectivity index (χ1v) is 6.14. The highest BCUT2D eigenvalue weighted by atomic mass is 19.4. The van der Waals surface area contributed by atoms with Crippen LogP contribution in [0.2, 0.25) is 0 Å². The molecule has 0 fully saturated rings. The van der Waals surface area contributed by atoms with Gasteiger partial charge in [-0.3, -0.25) is 0 Å². The molecule has 120 valence electrons. The quantitative estimate of drug-likeness (QED) is 0.550. The number of halogens is 6. The van der Waals surface area contributed by atoms with Gasteiger partial charge in [-0.1, -0.05) is 18.2 Å². The molecule has 1 aromatic carbocycles. The minimum atomic E-state index is -5.46. The van der Waals surface area contributed by atoms with E-state index in [-0.39, 0.29) is 19.4 Å². The van der Waals surface area contributed by atoms with Crippen molar-refractivity contribution in [3.8, 4) is 5.75 Å². The average Bonchev–Trinajstić information content (AvgIpc) is 2.35. The van der Waals surface area contributed by atoms with Gasteiger partial charge in [0.15, 0.2) is 0 Å². The van der Waals surface area contributed by atoms with E-state index in [9.17, 15) is 26.3 Å². The summed E-state index contributed by atoms with van der Waals surface area (Å²) < 4.78 is 82.0. The maximum Gasteiger partial charge on any atom is 0.423 e. The fraction of sp³-hybridized carbons (Fsp3) is 0.538. The molecular formula is C13H14F6O2. The Hall–Kier alpha value is -1.44. The number of benzene rings is 1. The van der Waals surface area contributed by atoms with Gasteiger partial charge in [0.1, 0.15) is 5.75 Å². The number of alkyl halides is 6. The normalized spacial score (nSPS) is 12.7. The highest BCUT2D eigenvalue weighted by Crippen LogP contribution is 2.35. The zero-order valence-electron chi connectivity index (χ0n) is 10.9. The second-order valence-electron chi connectivity index (χ2n) is 4.20. The molecule has 1 aromatic rings. The van der Waals surface area contributed by atoms with E-state index in [4.69, 9.17) is 4.74 Å². The van der Waals surface area contributed by atoms with Gasteiger partial charge in [-0.25, -0.2) is 0 Å². The molecule has 8 heteroatoms. The standard InChI is InChI=1S/C13H14F6O2/c14-12(15,16)11(13(17,18)19)21-9-5-4-8-20-10-6-2-1-3-7-10/h1-3,6-7,11H,4-5,8-9H2. The maximum atomic E-state index is 12.1. The third kappa shape index (κ3) is 6.70. The Morgan fingerprint density at radius 3 is 1.86 bits per heavy atom. The van der Waals surface area contributed by atoms with Gasteiger partial charge in [-0.15, -0.1) is 0 Å². The summed E-state index contributed by atoms with van der Waals surface area (Å²) in [6.07, 6.45) is -14.3. The molecule has 0 bridgehead atoms. The predicted molar refractivity (Wildman–Crippen MR) is 63.0 cm³/mol. The predicted octanol–water partition coefficient (Wildman–Crippen LogP) is 4.36. The van der Waals surface area contributed by atoms with E-state index in [2.05, 4.69) is 4.74 Å². The van der Waals surface area contributed by atoms with E-state index in [0.717, 1.165) is 0 Å². The third-order valence-corrected chi connectivity index (χ3v) is 2.43. The van der Waals surface area contributed by atoms with Gasteiger partial charge in [-0.2, -0.15) is 26.3 Å². The van der Waals surface area contributed by atoms with Gasteiger partial charge < -0.3 is 9.47 Å². The second-order valence-corrected chi connectivity index (χ2v) is 4.20. The zero-order valence-corrected chi connectivity index (χ0v) is 10.9. The van der Waals surface area contributed by atoms with Crippen LogP contribution in [0.4, 0.5) is 26.3 Å². The van der Waals surface area contributed by atoms with Crippen molar-refractivity contribution in [2.75, 3.05) is 13.2 Å². The molecule has 2 nitrogen and oxygen atoms in total. The summed E-state index contributed by atoms with van der Waals surface area (Å²) in [4.78, 5) is 0. The Morgan fingerprint density at radius 1 is 0.810 bits per heavy atom. The van der Waals surface area contributed by atoms with Crippen LogP contribution in [0.3, 0.4) is 0 Å². The molecule has 0 saturated heterocycles. The van der Waals surface area contributed by atoms with Crippen molar-refractivity contribution < 1.29 is 35.8 Å². The van der Waals surface area contributed by atoms with E-state index in [1.54, 1.807) is 30.3 Å². The van der Waals surface area contributed by atoms with Crippen LogP contribution in [0, 0.1) is 0 Å². The average molecular weight is 316 g/mol. The molecule has 0 aliphatic heterocycles. The Bertz CT molecular complexity index is 387. The van der Waals surface area contributed by atoms with Gasteiger partial charge in [0.25, 0.3) is 0 Å². The van der Waals surface area contributed by atoms with Crippen molar-refractivity contribution in [1.29, 1.82) is 0 Å². The van der Waals surface area contributed by atoms with Gasteiger partial charge in [0, 0.05) is 6.61 Å². The van der Waals surface area contributed by atoms with Crippen LogP contribution < -0.4 is 4.74 Å². The van der Waals surface area contributed by atoms with Crippen LogP contribution in [-0.2, 0) is 4.74 Å². The molecule has 21 heavy (non-hydrogen) atoms. The smallest absolute Gasteiger partial charge is 0.423 e. The molecule has 0 aliphatic carbocycles. The highest BCUT2D eigenvalue weighted by Gasteiger charge is 2.57. The minimum Gasteiger partial charge on any atom is -0.494 e. The van der Waals surface area contributed by atoms with Crippen molar-refractivity contribution in [3.05, 3.63) is 30.3 Å². The first kappa shape index (κ1) is 17.6. The lowest BCUT2D eigenvalue weighted by atomic mass is 10.3. The summed E-state index contributed by atoms with van der Waals surface area (Å²) in [5, 5.41) is 0.